The van der Waals surface area contributed by atoms with E-state index in [1.807, 2.05) is 0 Å². The first kappa shape index (κ1) is 95.1. The van der Waals surface area contributed by atoms with Crippen LogP contribution < -0.4 is 0 Å². The van der Waals surface area contributed by atoms with Gasteiger partial charge in [-0.1, -0.05) is 0 Å². The van der Waals surface area contributed by atoms with E-state index in [1.54, 1.807) is 0 Å². The van der Waals surface area contributed by atoms with Crippen molar-refractivity contribution in [1.82, 2.24) is 30.4 Å². The quantitative estimate of drug-likeness (QED) is 0.0203. The molecule has 0 bridgehead atoms. The van der Waals surface area contributed by atoms with Crippen molar-refractivity contribution >= 4 is 143 Å². The second-order valence-corrected chi connectivity index (χ2v) is 25.7. The van der Waals surface area contributed by atoms with Crippen LogP contribution >= 0.6 is 0 Å². The van der Waals surface area contributed by atoms with Gasteiger partial charge in [0.2, 0.25) is 0 Å². The van der Waals surface area contributed by atoms with Gasteiger partial charge in [-0.25, -0.2) is 28.8 Å². The van der Waals surface area contributed by atoms with Crippen LogP contribution in [0.25, 0.3) is 0 Å². The summed E-state index contributed by atoms with van der Waals surface area (Å²) in [7, 11) is 0. The minimum Gasteiger partial charge on any atom is -0.463 e. The molecule has 6 rings (SSSR count). The monoisotopic (exact) mass is 1680 g/mol. The normalized spacial score (nSPS) is 16.5. The number of esters is 6. The largest absolute Gasteiger partial charge is 0.463 e. The number of nitrogens with zero attached hydrogens (tertiary/aromatic N) is 6. The molecule has 12 amide bonds. The highest BCUT2D eigenvalue weighted by molar-refractivity contribution is 6.05. The number of amides is 12. The fourth-order valence-electron chi connectivity index (χ4n) is 10.8. The lowest BCUT2D eigenvalue weighted by molar-refractivity contribution is -0.207. The van der Waals surface area contributed by atoms with Crippen LogP contribution in [0.5, 0.6) is 0 Å². The van der Waals surface area contributed by atoms with Gasteiger partial charge in [0.15, 0.2) is 0 Å². The lowest BCUT2D eigenvalue weighted by Crippen LogP contribution is -2.53. The van der Waals surface area contributed by atoms with Gasteiger partial charge >= 0.3 is 71.6 Å². The SMILES string of the molecule is O=C(CCCC(=O)ON1C(=O)CCC1=O)OCCOCC(OCCOC(=O)CCCC(=O)ON1C(=O)CCC1=O)C(OCCOC(=O)CCCC(=O)ON1C(=O)CCC1=O)C(OCCOC(=O)CCCC(=O)ON1C(=O)CCC1=O)C(COCCOC(=O)CC(=O)ON1C(=O)CCC1=O)OCCOC(=O)CCCC(=O)ON1C(=O)CCC1=O. The molecule has 6 aliphatic heterocycles. The second-order valence-electron chi connectivity index (χ2n) is 25.7. The van der Waals surface area contributed by atoms with E-state index < -0.39 is 330 Å². The van der Waals surface area contributed by atoms with Crippen molar-refractivity contribution in [3.63, 3.8) is 0 Å². The van der Waals surface area contributed by atoms with Crippen molar-refractivity contribution < 1.29 is 201 Å². The summed E-state index contributed by atoms with van der Waals surface area (Å²) in [6.07, 6.45) is -15.9. The molecule has 0 aromatic rings. The van der Waals surface area contributed by atoms with Crippen LogP contribution in [0.3, 0.4) is 0 Å². The Kier molecular flexibility index (Phi) is 40.8. The van der Waals surface area contributed by atoms with E-state index in [9.17, 15) is 115 Å². The Labute approximate surface area is 668 Å². The molecule has 6 saturated heterocycles. The lowest BCUT2D eigenvalue weighted by Gasteiger charge is -2.37. The van der Waals surface area contributed by atoms with Crippen molar-refractivity contribution in [2.45, 2.75) is 204 Å². The summed E-state index contributed by atoms with van der Waals surface area (Å²) in [4.78, 5) is 327. The summed E-state index contributed by atoms with van der Waals surface area (Å²) >= 11 is 0. The Morgan fingerprint density at radius 3 is 0.610 bits per heavy atom. The minimum atomic E-state index is -1.75. The number of hydrogen-bond acceptors (Lipinski definition) is 42. The van der Waals surface area contributed by atoms with Gasteiger partial charge in [-0.3, -0.25) is 86.3 Å². The van der Waals surface area contributed by atoms with Crippen molar-refractivity contribution in [3.8, 4) is 0 Å². The van der Waals surface area contributed by atoms with Crippen LogP contribution in [0, 0.1) is 0 Å². The maximum atomic E-state index is 13.2. The predicted molar refractivity (Wildman–Crippen MR) is 363 cm³/mol. The summed E-state index contributed by atoms with van der Waals surface area (Å²) in [5, 5.41) is 1.76. The Bertz CT molecular complexity index is 3630. The van der Waals surface area contributed by atoms with Gasteiger partial charge in [0.05, 0.1) is 52.9 Å². The molecule has 6 fully saturated rings. The van der Waals surface area contributed by atoms with Gasteiger partial charge < -0.3 is 85.9 Å². The number of rotatable bonds is 57. The highest BCUT2D eigenvalue weighted by Gasteiger charge is 2.42. The number of carbonyl (C=O) groups excluding carboxylic acids is 24. The average molecular weight is 1690 g/mol. The smallest absolute Gasteiger partial charge is 0.344 e. The molecule has 0 saturated carbocycles. The van der Waals surface area contributed by atoms with Crippen LogP contribution in [-0.4, -0.2) is 290 Å². The molecule has 6 aliphatic rings. The molecule has 6 heterocycles. The highest BCUT2D eigenvalue weighted by Crippen LogP contribution is 2.24. The molecule has 0 aromatic carbocycles. The standard InChI is InChI=1S/C70H88N6O42/c77-45-16-17-46(78)71(45)113-62(94)11-1-6-57(89)105-30-28-101-41-43(103-32-34-106-58(90)7-2-12-63(95)114-72-47(79)18-19-48(72)80)69(111-38-36-108-60(92)9-4-14-65(97)116-74-51(83)22-23-52(74)84)70(112-39-37-109-61(93)10-5-15-66(98)117-75-53(85)24-25-54(75)86)44(42-102-29-31-110-67(99)40-68(100)118-76-55(87)26-27-56(76)88)104-33-35-107-59(91)8-3-13-64(96)115-73-49(81)20-21-50(73)82/h43-44,69-70H,1-42H2. The summed E-state index contributed by atoms with van der Waals surface area (Å²) in [6, 6.07) is 0. The number of imide groups is 6. The maximum Gasteiger partial charge on any atom is 0.344 e. The van der Waals surface area contributed by atoms with Crippen LogP contribution in [0.1, 0.15) is 180 Å². The molecule has 650 valence electrons. The molecule has 48 nitrogen and oxygen atoms in total. The number of ether oxygens (including phenoxy) is 12. The predicted octanol–water partition coefficient (Wildman–Crippen LogP) is -2.30. The van der Waals surface area contributed by atoms with Crippen LogP contribution in [0.4, 0.5) is 0 Å². The molecule has 0 spiro atoms. The van der Waals surface area contributed by atoms with E-state index in [0.29, 0.717) is 25.3 Å². The second kappa shape index (κ2) is 50.7. The molecule has 48 heteroatoms. The van der Waals surface area contributed by atoms with Gasteiger partial charge in [-0.2, -0.15) is 0 Å². The van der Waals surface area contributed by atoms with Gasteiger partial charge in [-0.05, 0) is 32.1 Å². The molecule has 0 aromatic heterocycles. The first-order valence-corrected chi connectivity index (χ1v) is 37.4. The molecule has 0 radical (unpaired) electrons. The number of hydroxylamine groups is 12. The van der Waals surface area contributed by atoms with Gasteiger partial charge in [-0.15, -0.1) is 30.4 Å². The van der Waals surface area contributed by atoms with E-state index in [4.69, 9.17) is 85.9 Å². The third-order valence-electron chi connectivity index (χ3n) is 16.6. The number of carbonyl (C=O) groups is 24. The first-order valence-electron chi connectivity index (χ1n) is 37.4. The zero-order valence-electron chi connectivity index (χ0n) is 63.8. The summed E-state index contributed by atoms with van der Waals surface area (Å²) in [5.41, 5.74) is 0. The topological polar surface area (TPSA) is 595 Å². The Morgan fingerprint density at radius 2 is 0.390 bits per heavy atom. The molecule has 0 N–H and O–H groups in total. The van der Waals surface area contributed by atoms with E-state index in [-0.39, 0.29) is 114 Å². The van der Waals surface area contributed by atoms with Crippen LogP contribution in [0.2, 0.25) is 0 Å². The van der Waals surface area contributed by atoms with Crippen molar-refractivity contribution in [2.75, 3.05) is 92.5 Å². The van der Waals surface area contributed by atoms with Gasteiger partial charge in [0.25, 0.3) is 70.9 Å². The minimum absolute atomic E-state index is 0.173. The Balaban J connectivity index is 1.26. The van der Waals surface area contributed by atoms with E-state index in [2.05, 4.69) is 0 Å². The summed E-state index contributed by atoms with van der Waals surface area (Å²) < 4.78 is 69.3. The fraction of sp³-hybridized carbons (Fsp3) is 0.657. The summed E-state index contributed by atoms with van der Waals surface area (Å²) in [6.45, 7) is -8.72. The van der Waals surface area contributed by atoms with Crippen LogP contribution in [-0.2, 0) is 201 Å². The summed E-state index contributed by atoms with van der Waals surface area (Å²) in [5.74, 6) is -21.6. The molecule has 0 aliphatic carbocycles. The van der Waals surface area contributed by atoms with Crippen molar-refractivity contribution in [2.24, 2.45) is 0 Å². The third kappa shape index (κ3) is 34.2. The van der Waals surface area contributed by atoms with Crippen molar-refractivity contribution in [3.05, 3.63) is 0 Å². The molecule has 4 atom stereocenters. The van der Waals surface area contributed by atoms with E-state index in [0.717, 1.165) is 0 Å². The third-order valence-corrected chi connectivity index (χ3v) is 16.6. The molecular formula is C70H88N6O42. The van der Waals surface area contributed by atoms with Crippen LogP contribution in [0.15, 0.2) is 0 Å². The Hall–Kier alpha value is -11.8. The lowest BCUT2D eigenvalue weighted by atomic mass is 10.0. The van der Waals surface area contributed by atoms with Gasteiger partial charge in [0, 0.05) is 141 Å². The van der Waals surface area contributed by atoms with E-state index in [1.165, 1.54) is 0 Å². The highest BCUT2D eigenvalue weighted by atomic mass is 16.8. The van der Waals surface area contributed by atoms with Crippen molar-refractivity contribution in [1.29, 1.82) is 0 Å². The molecule has 4 unspecified atom stereocenters. The number of hydrogen-bond donors (Lipinski definition) is 0. The fourth-order valence-corrected chi connectivity index (χ4v) is 10.8. The first-order chi connectivity index (χ1) is 56.5. The van der Waals surface area contributed by atoms with E-state index >= 15 is 0 Å². The average Bonchev–Trinajstić information content (AvgIpc) is 1.40. The Morgan fingerprint density at radius 1 is 0.212 bits per heavy atom. The molecular weight excluding hydrogens is 1600 g/mol. The zero-order chi connectivity index (χ0) is 86.1. The maximum absolute atomic E-state index is 13.2. The zero-order valence-corrected chi connectivity index (χ0v) is 63.8. The van der Waals surface area contributed by atoms with Gasteiger partial charge in [0.1, 0.15) is 70.5 Å². The molecule has 118 heavy (non-hydrogen) atoms.